The van der Waals surface area contributed by atoms with Gasteiger partial charge in [0.05, 0.1) is 6.04 Å². The molecule has 0 bridgehead atoms. The highest BCUT2D eigenvalue weighted by atomic mass is 16.2. The molecule has 2 heterocycles. The molecule has 1 amide bonds. The molecular weight excluding hydrogens is 364 g/mol. The highest BCUT2D eigenvalue weighted by Gasteiger charge is 2.25. The van der Waals surface area contributed by atoms with Crippen molar-refractivity contribution in [3.8, 4) is 0 Å². The van der Waals surface area contributed by atoms with Gasteiger partial charge < -0.3 is 15.0 Å². The lowest BCUT2D eigenvalue weighted by Gasteiger charge is -2.31. The number of rotatable bonds is 6. The van der Waals surface area contributed by atoms with E-state index >= 15 is 0 Å². The van der Waals surface area contributed by atoms with E-state index in [1.54, 1.807) is 6.20 Å². The van der Waals surface area contributed by atoms with E-state index in [0.717, 1.165) is 36.9 Å². The van der Waals surface area contributed by atoms with Crippen molar-refractivity contribution >= 4 is 23.7 Å². The molecule has 0 spiro atoms. The molecule has 146 valence electrons. The van der Waals surface area contributed by atoms with Gasteiger partial charge in [0.2, 0.25) is 0 Å². The van der Waals surface area contributed by atoms with Crippen LogP contribution in [0.1, 0.15) is 28.0 Å². The first-order valence-electron chi connectivity index (χ1n) is 9.73. The van der Waals surface area contributed by atoms with Crippen molar-refractivity contribution in [1.82, 2.24) is 15.3 Å². The lowest BCUT2D eigenvalue weighted by Crippen LogP contribution is -2.39. The zero-order chi connectivity index (χ0) is 20.1. The molecule has 0 fully saturated rings. The largest absolute Gasteiger partial charge is 0.341 e. The van der Waals surface area contributed by atoms with Crippen molar-refractivity contribution in [2.24, 2.45) is 0 Å². The summed E-state index contributed by atoms with van der Waals surface area (Å²) < 4.78 is 0. The molecule has 6 heteroatoms. The van der Waals surface area contributed by atoms with Crippen LogP contribution in [0.3, 0.4) is 0 Å². The Balaban J connectivity index is 1.58. The Labute approximate surface area is 169 Å². The van der Waals surface area contributed by atoms with Crippen LogP contribution >= 0.6 is 0 Å². The van der Waals surface area contributed by atoms with E-state index in [0.29, 0.717) is 12.2 Å². The Morgan fingerprint density at radius 2 is 1.83 bits per heavy atom. The SMILES string of the molecule is O=CC(Cc1ccccc1)NC(=O)c1nccnc1N1CCCc2ccccc21. The molecule has 1 unspecified atom stereocenters. The number of amides is 1. The first-order chi connectivity index (χ1) is 14.3. The molecular formula is C23H22N4O2. The van der Waals surface area contributed by atoms with Gasteiger partial charge in [0, 0.05) is 24.6 Å². The molecule has 1 aliphatic rings. The minimum absolute atomic E-state index is 0.226. The van der Waals surface area contributed by atoms with Crippen molar-refractivity contribution in [1.29, 1.82) is 0 Å². The first-order valence-corrected chi connectivity index (χ1v) is 9.73. The summed E-state index contributed by atoms with van der Waals surface area (Å²) in [5, 5.41) is 2.80. The molecule has 0 saturated heterocycles. The van der Waals surface area contributed by atoms with Gasteiger partial charge in [0.1, 0.15) is 6.29 Å². The lowest BCUT2D eigenvalue weighted by atomic mass is 10.0. The Morgan fingerprint density at radius 1 is 1.07 bits per heavy atom. The van der Waals surface area contributed by atoms with Gasteiger partial charge in [-0.05, 0) is 36.5 Å². The van der Waals surface area contributed by atoms with Crippen molar-refractivity contribution in [3.63, 3.8) is 0 Å². The molecule has 6 nitrogen and oxygen atoms in total. The number of nitrogens with one attached hydrogen (secondary N) is 1. The minimum Gasteiger partial charge on any atom is -0.341 e. The zero-order valence-electron chi connectivity index (χ0n) is 16.0. The number of para-hydroxylation sites is 1. The predicted molar refractivity (Wildman–Crippen MR) is 111 cm³/mol. The highest BCUT2D eigenvalue weighted by Crippen LogP contribution is 2.33. The molecule has 1 aliphatic heterocycles. The third-order valence-corrected chi connectivity index (χ3v) is 5.04. The summed E-state index contributed by atoms with van der Waals surface area (Å²) in [6.45, 7) is 0.761. The molecule has 0 radical (unpaired) electrons. The summed E-state index contributed by atoms with van der Waals surface area (Å²) >= 11 is 0. The van der Waals surface area contributed by atoms with Crippen LogP contribution in [0.4, 0.5) is 11.5 Å². The third-order valence-electron chi connectivity index (χ3n) is 5.04. The number of aldehydes is 1. The minimum atomic E-state index is -0.631. The molecule has 0 saturated carbocycles. The Kier molecular flexibility index (Phi) is 5.61. The maximum Gasteiger partial charge on any atom is 0.274 e. The zero-order valence-corrected chi connectivity index (χ0v) is 16.0. The van der Waals surface area contributed by atoms with Gasteiger partial charge in [-0.15, -0.1) is 0 Å². The second-order valence-electron chi connectivity index (χ2n) is 7.02. The van der Waals surface area contributed by atoms with Gasteiger partial charge in [-0.1, -0.05) is 48.5 Å². The topological polar surface area (TPSA) is 75.2 Å². The molecule has 4 rings (SSSR count). The Hall–Kier alpha value is -3.54. The number of aromatic nitrogens is 2. The van der Waals surface area contributed by atoms with Gasteiger partial charge in [-0.2, -0.15) is 0 Å². The number of nitrogens with zero attached hydrogens (tertiary/aromatic N) is 3. The van der Waals surface area contributed by atoms with E-state index in [1.165, 1.54) is 11.8 Å². The maximum absolute atomic E-state index is 13.0. The van der Waals surface area contributed by atoms with E-state index in [4.69, 9.17) is 0 Å². The van der Waals surface area contributed by atoms with Gasteiger partial charge in [0.25, 0.3) is 5.91 Å². The van der Waals surface area contributed by atoms with Gasteiger partial charge in [-0.3, -0.25) is 4.79 Å². The highest BCUT2D eigenvalue weighted by molar-refractivity contribution is 5.99. The summed E-state index contributed by atoms with van der Waals surface area (Å²) in [6, 6.07) is 17.1. The summed E-state index contributed by atoms with van der Waals surface area (Å²) in [6.07, 6.45) is 6.25. The number of benzene rings is 2. The third kappa shape index (κ3) is 4.16. The van der Waals surface area contributed by atoms with E-state index in [9.17, 15) is 9.59 Å². The molecule has 2 aromatic carbocycles. The van der Waals surface area contributed by atoms with Crippen LogP contribution < -0.4 is 10.2 Å². The van der Waals surface area contributed by atoms with Crippen LogP contribution in [0.5, 0.6) is 0 Å². The monoisotopic (exact) mass is 386 g/mol. The van der Waals surface area contributed by atoms with Crippen LogP contribution in [-0.2, 0) is 17.6 Å². The number of anilines is 2. The van der Waals surface area contributed by atoms with Crippen LogP contribution in [-0.4, -0.2) is 34.7 Å². The standard InChI is InChI=1S/C23H22N4O2/c28-16-19(15-17-7-2-1-3-8-17)26-23(29)21-22(25-13-12-24-21)27-14-6-10-18-9-4-5-11-20(18)27/h1-5,7-9,11-13,16,19H,6,10,14-15H2,(H,26,29). The van der Waals surface area contributed by atoms with Crippen molar-refractivity contribution in [2.75, 3.05) is 11.4 Å². The smallest absolute Gasteiger partial charge is 0.274 e. The molecule has 1 N–H and O–H groups in total. The molecule has 0 aliphatic carbocycles. The average Bonchev–Trinajstić information content (AvgIpc) is 2.79. The number of hydrogen-bond acceptors (Lipinski definition) is 5. The average molecular weight is 386 g/mol. The first kappa shape index (κ1) is 18.8. The summed E-state index contributed by atoms with van der Waals surface area (Å²) in [4.78, 5) is 35.3. The summed E-state index contributed by atoms with van der Waals surface area (Å²) in [5.41, 5.74) is 3.48. The second kappa shape index (κ2) is 8.65. The van der Waals surface area contributed by atoms with E-state index < -0.39 is 11.9 Å². The number of carbonyl (C=O) groups is 2. The molecule has 1 atom stereocenters. The lowest BCUT2D eigenvalue weighted by molar-refractivity contribution is -0.109. The fraction of sp³-hybridized carbons (Fsp3) is 0.217. The van der Waals surface area contributed by atoms with Crippen molar-refractivity contribution in [2.45, 2.75) is 25.3 Å². The quantitative estimate of drug-likeness (QED) is 0.659. The van der Waals surface area contributed by atoms with Crippen molar-refractivity contribution < 1.29 is 9.59 Å². The number of hydrogen-bond donors (Lipinski definition) is 1. The molecule has 29 heavy (non-hydrogen) atoms. The second-order valence-corrected chi connectivity index (χ2v) is 7.02. The van der Waals surface area contributed by atoms with E-state index in [2.05, 4.69) is 21.4 Å². The fourth-order valence-corrected chi connectivity index (χ4v) is 3.68. The number of carbonyl (C=O) groups excluding carboxylic acids is 2. The van der Waals surface area contributed by atoms with Crippen LogP contribution in [0.25, 0.3) is 0 Å². The Morgan fingerprint density at radius 3 is 2.66 bits per heavy atom. The van der Waals surface area contributed by atoms with Crippen molar-refractivity contribution in [3.05, 3.63) is 83.8 Å². The van der Waals surface area contributed by atoms with Gasteiger partial charge in [-0.25, -0.2) is 9.97 Å². The maximum atomic E-state index is 13.0. The number of aryl methyl sites for hydroxylation is 1. The van der Waals surface area contributed by atoms with E-state index in [1.807, 2.05) is 53.4 Å². The van der Waals surface area contributed by atoms with E-state index in [-0.39, 0.29) is 5.69 Å². The molecule has 1 aromatic heterocycles. The van der Waals surface area contributed by atoms with Gasteiger partial charge >= 0.3 is 0 Å². The van der Waals surface area contributed by atoms with Crippen LogP contribution in [0, 0.1) is 0 Å². The summed E-state index contributed by atoms with van der Waals surface area (Å²) in [5.74, 6) is 0.116. The molecule has 3 aromatic rings. The van der Waals surface area contributed by atoms with Gasteiger partial charge in [0.15, 0.2) is 11.5 Å². The fourth-order valence-electron chi connectivity index (χ4n) is 3.68. The number of fused-ring (bicyclic) bond motifs is 1. The van der Waals surface area contributed by atoms with Crippen LogP contribution in [0.2, 0.25) is 0 Å². The Bertz CT molecular complexity index is 1010. The van der Waals surface area contributed by atoms with Crippen LogP contribution in [0.15, 0.2) is 67.0 Å². The predicted octanol–water partition coefficient (Wildman–Crippen LogP) is 3.10. The summed E-state index contributed by atoms with van der Waals surface area (Å²) in [7, 11) is 0. The normalized spacial score (nSPS) is 14.0.